The number of halogens is 5. The Morgan fingerprint density at radius 1 is 0.635 bits per heavy atom. The number of nitrogens with zero attached hydrogens (tertiary/aromatic N) is 9. The van der Waals surface area contributed by atoms with Gasteiger partial charge in [0.05, 0.1) is 25.6 Å². The van der Waals surface area contributed by atoms with Crippen LogP contribution in [0.4, 0.5) is 22.0 Å². The third-order valence-corrected chi connectivity index (χ3v) is 23.5. The second-order valence-corrected chi connectivity index (χ2v) is 31.0. The Morgan fingerprint density at radius 2 is 1.25 bits per heavy atom. The first kappa shape index (κ1) is 84.3. The zero-order chi connectivity index (χ0) is 77.0. The molecule has 3 aliphatic heterocycles. The van der Waals surface area contributed by atoms with E-state index in [4.69, 9.17) is 4.74 Å². The van der Waals surface area contributed by atoms with Crippen LogP contribution in [0.2, 0.25) is 0 Å². The molecule has 12 atom stereocenters. The average molecular weight is 1480 g/mol. The van der Waals surface area contributed by atoms with E-state index >= 15 is 37.5 Å². The van der Waals surface area contributed by atoms with Crippen LogP contribution in [-0.4, -0.2) is 283 Å². The van der Waals surface area contributed by atoms with Crippen molar-refractivity contribution in [2.45, 2.75) is 261 Å². The van der Waals surface area contributed by atoms with Crippen LogP contribution in [-0.2, 0) is 62.3 Å². The Balaban J connectivity index is 1.31. The summed E-state index contributed by atoms with van der Waals surface area (Å²) in [4.78, 5) is 192. The summed E-state index contributed by atoms with van der Waals surface area (Å²) < 4.78 is 78.8. The fourth-order valence-electron chi connectivity index (χ4n) is 16.4. The molecule has 0 radical (unpaired) electrons. The molecule has 7 rings (SSSR count). The number of likely N-dealkylation sites (N-methyl/N-ethyl adjacent to an activating group) is 7. The summed E-state index contributed by atoms with van der Waals surface area (Å²) in [5.41, 5.74) is -1.66. The van der Waals surface area contributed by atoms with Crippen molar-refractivity contribution in [3.8, 4) is 0 Å². The van der Waals surface area contributed by atoms with Crippen molar-refractivity contribution in [3.63, 3.8) is 0 Å². The number of hydrogen-bond acceptors (Lipinski definition) is 13. The standard InChI is InChI=1S/C74H117F5N12O13/c1-14-44(5)62-70(101)85(9)43-60(94)86(10)53-27-22-19-23-34-90(69(53)100)57(38-45-25-20-18-21-26-45)68(99)84(8)42-58(92)80-52(31-30-47-35-50(75)61(51(76)36-47)74(77,78)79)66(97)91-41-49(104-17-4)39-55(91)65(96)82-73(32-24-33-73)72(103)89(13)63(48(15-2)16-3)71(102)88(12)56(67(98)83(6)7)40-59(93)87(11)54(64(95)81-62)37-46-28-29-46/h19,22,44-57,61-63H,14-18,20-21,23-43H2,1-13H3,(H,80,92)(H,81,95)(H,82,96)/b22-19-/t44-,47?,49+,50?,51?,52-,53-,54-,55-,56-,57-,61?,62-,63-/m0/s1. The van der Waals surface area contributed by atoms with Crippen LogP contribution in [0, 0.1) is 35.5 Å². The van der Waals surface area contributed by atoms with Gasteiger partial charge < -0.3 is 64.8 Å². The topological polar surface area (TPSA) is 279 Å². The monoisotopic (exact) mass is 1480 g/mol. The number of amides is 12. The van der Waals surface area contributed by atoms with Crippen LogP contribution in [0.15, 0.2) is 12.2 Å². The average Bonchev–Trinajstić information content (AvgIpc) is 1.06. The van der Waals surface area contributed by atoms with Crippen molar-refractivity contribution >= 4 is 70.9 Å². The van der Waals surface area contributed by atoms with Crippen molar-refractivity contribution in [2.24, 2.45) is 35.5 Å². The molecule has 3 N–H and O–H groups in total. The maximum absolute atomic E-state index is 15.5. The Labute approximate surface area is 610 Å². The van der Waals surface area contributed by atoms with Crippen LogP contribution in [0.25, 0.3) is 0 Å². The van der Waals surface area contributed by atoms with E-state index < -0.39 is 205 Å². The van der Waals surface area contributed by atoms with Gasteiger partial charge in [0.2, 0.25) is 70.9 Å². The fraction of sp³-hybridized carbons (Fsp3) is 0.811. The molecular formula is C74H117F5N12O13. The molecule has 104 heavy (non-hydrogen) atoms. The molecule has 1 spiro atoms. The number of nitrogens with one attached hydrogen (secondary N) is 3. The molecule has 2 unspecified atom stereocenters. The van der Waals surface area contributed by atoms with Gasteiger partial charge in [-0.25, -0.2) is 8.78 Å². The Bertz CT molecular complexity index is 3080. The largest absolute Gasteiger partial charge is 0.397 e. The highest BCUT2D eigenvalue weighted by molar-refractivity contribution is 6.01. The van der Waals surface area contributed by atoms with Gasteiger partial charge in [-0.1, -0.05) is 104 Å². The first-order chi connectivity index (χ1) is 49.0. The summed E-state index contributed by atoms with van der Waals surface area (Å²) in [5.74, 6) is -13.4. The van der Waals surface area contributed by atoms with Crippen molar-refractivity contribution in [1.82, 2.24) is 60.0 Å². The third-order valence-electron chi connectivity index (χ3n) is 23.5. The van der Waals surface area contributed by atoms with Crippen molar-refractivity contribution in [3.05, 3.63) is 12.2 Å². The summed E-state index contributed by atoms with van der Waals surface area (Å²) >= 11 is 0. The van der Waals surface area contributed by atoms with Gasteiger partial charge in [0, 0.05) is 82.5 Å². The van der Waals surface area contributed by atoms with Gasteiger partial charge in [0.15, 0.2) is 0 Å². The number of alkyl halides is 5. The summed E-state index contributed by atoms with van der Waals surface area (Å²) in [7, 11) is 11.3. The Hall–Kier alpha value is -7.01. The molecule has 586 valence electrons. The van der Waals surface area contributed by atoms with Crippen LogP contribution in [0.1, 0.15) is 182 Å². The smallest absolute Gasteiger partial charge is 0.377 e. The predicted octanol–water partition coefficient (Wildman–Crippen LogP) is 5.56. The molecule has 25 nitrogen and oxygen atoms in total. The first-order valence-corrected chi connectivity index (χ1v) is 37.9. The van der Waals surface area contributed by atoms with Crippen LogP contribution in [0.3, 0.4) is 0 Å². The molecule has 7 aliphatic rings. The Morgan fingerprint density at radius 3 is 1.82 bits per heavy atom. The normalized spacial score (nSPS) is 31.1. The van der Waals surface area contributed by atoms with Crippen LogP contribution < -0.4 is 16.0 Å². The molecule has 4 saturated carbocycles. The van der Waals surface area contributed by atoms with E-state index in [1.54, 1.807) is 19.9 Å². The Kier molecular flexibility index (Phi) is 30.0. The lowest BCUT2D eigenvalue weighted by molar-refractivity contribution is -0.219. The highest BCUT2D eigenvalue weighted by atomic mass is 19.4. The van der Waals surface area contributed by atoms with Gasteiger partial charge in [-0.05, 0) is 107 Å². The molecule has 6 fully saturated rings. The van der Waals surface area contributed by atoms with Crippen molar-refractivity contribution in [1.29, 1.82) is 0 Å². The summed E-state index contributed by atoms with van der Waals surface area (Å²) in [6, 6.07) is -10.6. The lowest BCUT2D eigenvalue weighted by Gasteiger charge is -2.47. The summed E-state index contributed by atoms with van der Waals surface area (Å²) in [6.45, 7) is 7.59. The number of fused-ring (bicyclic) bond motifs is 3. The van der Waals surface area contributed by atoms with Crippen molar-refractivity contribution < 1.29 is 84.2 Å². The quantitative estimate of drug-likeness (QED) is 0.134. The third kappa shape index (κ3) is 20.4. The van der Waals surface area contributed by atoms with Gasteiger partial charge in [-0.15, -0.1) is 0 Å². The van der Waals surface area contributed by atoms with Gasteiger partial charge in [0.1, 0.15) is 72.1 Å². The fourth-order valence-corrected chi connectivity index (χ4v) is 16.4. The summed E-state index contributed by atoms with van der Waals surface area (Å²) in [5, 5.41) is 8.59. The molecule has 30 heteroatoms. The molecule has 2 bridgehead atoms. The van der Waals surface area contributed by atoms with Gasteiger partial charge >= 0.3 is 6.18 Å². The van der Waals surface area contributed by atoms with E-state index in [-0.39, 0.29) is 82.9 Å². The maximum Gasteiger partial charge on any atom is 0.397 e. The van der Waals surface area contributed by atoms with Gasteiger partial charge in [0.25, 0.3) is 0 Å². The number of hydrogen-bond donors (Lipinski definition) is 3. The van der Waals surface area contributed by atoms with Gasteiger partial charge in [-0.3, -0.25) is 57.5 Å². The van der Waals surface area contributed by atoms with E-state index in [0.29, 0.717) is 32.1 Å². The van der Waals surface area contributed by atoms with Crippen LogP contribution >= 0.6 is 0 Å². The first-order valence-electron chi connectivity index (χ1n) is 37.9. The SMILES string of the molecule is CCO[C@@H]1C[C@H]2C(=O)NC3(CCC3)C(=O)N(C)[C@@H](C(CC)CC)C(=O)N(C)[C@H](C(=O)N(C)C)CC(=O)N(C)[C@@H](CC3CC3)C(=O)N[C@@H]([C@@H](C)CC)C(=O)N(C)CC(=O)N(C)[C@H]3C/C=C\CCN(C3=O)[C@@H](CC3CCCCC3)C(=O)N(C)CC(=O)N[C@@H](CCC3CC(F)C(C(F)(F)F)C(F)C3)C(=O)N2C1. The molecule has 0 aromatic heterocycles. The zero-order valence-corrected chi connectivity index (χ0v) is 63.5. The molecule has 2 saturated heterocycles. The van der Waals surface area contributed by atoms with E-state index in [1.807, 2.05) is 26.8 Å². The maximum atomic E-state index is 15.5. The van der Waals surface area contributed by atoms with E-state index in [2.05, 4.69) is 16.0 Å². The number of carbonyl (C=O) groups is 12. The molecule has 3 heterocycles. The lowest BCUT2D eigenvalue weighted by atomic mass is 9.74. The number of ether oxygens (including phenoxy) is 1. The highest BCUT2D eigenvalue weighted by Gasteiger charge is 2.56. The van der Waals surface area contributed by atoms with E-state index in [1.165, 1.54) is 85.8 Å². The zero-order valence-electron chi connectivity index (χ0n) is 63.5. The predicted molar refractivity (Wildman–Crippen MR) is 376 cm³/mol. The highest BCUT2D eigenvalue weighted by Crippen LogP contribution is 2.45. The second-order valence-electron chi connectivity index (χ2n) is 31.0. The van der Waals surface area contributed by atoms with E-state index in [9.17, 15) is 41.9 Å². The van der Waals surface area contributed by atoms with Crippen molar-refractivity contribution in [2.75, 3.05) is 89.2 Å². The summed E-state index contributed by atoms with van der Waals surface area (Å²) in [6.07, 6.45) is -2.24. The minimum absolute atomic E-state index is 0.0195. The molecule has 0 aromatic rings. The minimum Gasteiger partial charge on any atom is -0.377 e. The number of rotatable bonds is 15. The van der Waals surface area contributed by atoms with E-state index in [0.717, 1.165) is 59.6 Å². The molecule has 0 aromatic carbocycles. The van der Waals surface area contributed by atoms with Gasteiger partial charge in [-0.2, -0.15) is 13.2 Å². The number of carbonyl (C=O) groups excluding carboxylic acids is 12. The lowest BCUT2D eigenvalue weighted by Crippen LogP contribution is -2.68. The molecule has 4 aliphatic carbocycles. The minimum atomic E-state index is -5.17. The molecular weight excluding hydrogens is 1360 g/mol. The molecule has 12 amide bonds. The second kappa shape index (κ2) is 37.0. The van der Waals surface area contributed by atoms with Crippen LogP contribution in [0.5, 0.6) is 0 Å².